The van der Waals surface area contributed by atoms with Crippen LogP contribution in [0.5, 0.6) is 0 Å². The van der Waals surface area contributed by atoms with Gasteiger partial charge in [0.25, 0.3) is 0 Å². The van der Waals surface area contributed by atoms with E-state index in [0.29, 0.717) is 0 Å². The summed E-state index contributed by atoms with van der Waals surface area (Å²) < 4.78 is 19.9. The first-order valence-corrected chi connectivity index (χ1v) is 4.93. The van der Waals surface area contributed by atoms with Crippen molar-refractivity contribution in [3.05, 3.63) is 23.3 Å². The highest BCUT2D eigenvalue weighted by Gasteiger charge is 2.55. The average Bonchev–Trinajstić information content (AvgIpc) is 2.92. The summed E-state index contributed by atoms with van der Waals surface area (Å²) >= 11 is 0. The Bertz CT molecular complexity index is 435. The average molecular weight is 240 g/mol. The number of hydrogen-bond donors (Lipinski definition) is 0. The minimum atomic E-state index is -1.33. The quantitative estimate of drug-likeness (QED) is 0.508. The van der Waals surface area contributed by atoms with Gasteiger partial charge in [-0.05, 0) is 12.2 Å². The van der Waals surface area contributed by atoms with E-state index in [4.69, 9.17) is 9.47 Å². The van der Waals surface area contributed by atoms with Crippen LogP contribution in [0.15, 0.2) is 23.3 Å². The fourth-order valence-electron chi connectivity index (χ4n) is 2.01. The van der Waals surface area contributed by atoms with Gasteiger partial charge in [-0.3, -0.25) is 0 Å². The number of rotatable bonds is 3. The molecule has 17 heavy (non-hydrogen) atoms. The van der Waals surface area contributed by atoms with E-state index in [-0.39, 0.29) is 11.1 Å². The number of carbonyl (C=O) groups excluding carboxylic acids is 2. The van der Waals surface area contributed by atoms with Crippen LogP contribution in [-0.2, 0) is 28.5 Å². The smallest absolute Gasteiger partial charge is 0.340 e. The lowest BCUT2D eigenvalue weighted by atomic mass is 9.94. The lowest BCUT2D eigenvalue weighted by molar-refractivity contribution is -0.160. The monoisotopic (exact) mass is 240 g/mol. The number of hydrogen-bond acceptors (Lipinski definition) is 6. The van der Waals surface area contributed by atoms with Crippen LogP contribution in [-0.4, -0.2) is 45.2 Å². The number of fused-ring (bicyclic) bond motifs is 2. The van der Waals surface area contributed by atoms with Gasteiger partial charge < -0.3 is 18.9 Å². The van der Waals surface area contributed by atoms with E-state index in [1.54, 1.807) is 12.2 Å². The third-order valence-electron chi connectivity index (χ3n) is 2.79. The second kappa shape index (κ2) is 3.97. The van der Waals surface area contributed by atoms with Gasteiger partial charge in [0, 0.05) is 7.11 Å². The fraction of sp³-hybridized carbons (Fsp3) is 0.455. The molecule has 0 saturated carbocycles. The van der Waals surface area contributed by atoms with Crippen LogP contribution in [0, 0.1) is 0 Å². The summed E-state index contributed by atoms with van der Waals surface area (Å²) in [4.78, 5) is 23.4. The van der Waals surface area contributed by atoms with Gasteiger partial charge in [0.2, 0.25) is 5.79 Å². The zero-order valence-electron chi connectivity index (χ0n) is 9.68. The minimum absolute atomic E-state index is 0.0434. The lowest BCUT2D eigenvalue weighted by Crippen LogP contribution is -2.34. The summed E-state index contributed by atoms with van der Waals surface area (Å²) in [5, 5.41) is 0. The van der Waals surface area contributed by atoms with E-state index in [1.165, 1.54) is 21.3 Å². The standard InChI is InChI=1S/C11H12O6/c1-14-9(12)7-6-4-5-11(16-3,17-6)8(7)10(13)15-2/h4-6H,1-3H3. The fourth-order valence-corrected chi connectivity index (χ4v) is 2.01. The molecule has 0 aromatic rings. The zero-order valence-corrected chi connectivity index (χ0v) is 9.68. The maximum atomic E-state index is 11.7. The SMILES string of the molecule is COC(=O)C1=C(C(=O)OC)C2(OC)C=CC1O2. The first kappa shape index (κ1) is 11.8. The van der Waals surface area contributed by atoms with Crippen molar-refractivity contribution in [3.8, 4) is 0 Å². The molecule has 0 aromatic carbocycles. The molecule has 0 amide bonds. The topological polar surface area (TPSA) is 71.1 Å². The Balaban J connectivity index is 2.53. The van der Waals surface area contributed by atoms with Crippen LogP contribution in [0.1, 0.15) is 0 Å². The van der Waals surface area contributed by atoms with Crippen molar-refractivity contribution < 1.29 is 28.5 Å². The van der Waals surface area contributed by atoms with Gasteiger partial charge in [0.15, 0.2) is 0 Å². The highest BCUT2D eigenvalue weighted by Crippen LogP contribution is 2.44. The van der Waals surface area contributed by atoms with Gasteiger partial charge >= 0.3 is 11.9 Å². The molecule has 2 heterocycles. The lowest BCUT2D eigenvalue weighted by Gasteiger charge is -2.22. The summed E-state index contributed by atoms with van der Waals surface area (Å²) in [5.74, 6) is -2.63. The molecule has 0 spiro atoms. The molecule has 92 valence electrons. The molecular formula is C11H12O6. The summed E-state index contributed by atoms with van der Waals surface area (Å²) in [6, 6.07) is 0. The van der Waals surface area contributed by atoms with E-state index < -0.39 is 23.8 Å². The first-order chi connectivity index (χ1) is 8.09. The van der Waals surface area contributed by atoms with Crippen molar-refractivity contribution >= 4 is 11.9 Å². The summed E-state index contributed by atoms with van der Waals surface area (Å²) in [7, 11) is 3.85. The molecule has 0 N–H and O–H groups in total. The summed E-state index contributed by atoms with van der Waals surface area (Å²) in [6.45, 7) is 0. The van der Waals surface area contributed by atoms with Crippen molar-refractivity contribution in [1.29, 1.82) is 0 Å². The Hall–Kier alpha value is -1.66. The van der Waals surface area contributed by atoms with Gasteiger partial charge in [-0.2, -0.15) is 0 Å². The van der Waals surface area contributed by atoms with Gasteiger partial charge in [-0.25, -0.2) is 9.59 Å². The second-order valence-electron chi connectivity index (χ2n) is 3.54. The third kappa shape index (κ3) is 1.49. The second-order valence-corrected chi connectivity index (χ2v) is 3.54. The molecule has 0 aromatic heterocycles. The molecule has 0 fully saturated rings. The molecule has 0 aliphatic carbocycles. The Kier molecular flexibility index (Phi) is 2.76. The van der Waals surface area contributed by atoms with Crippen LogP contribution in [0.2, 0.25) is 0 Å². The molecule has 0 saturated heterocycles. The summed E-state index contributed by atoms with van der Waals surface area (Å²) in [6.07, 6.45) is 2.59. The van der Waals surface area contributed by atoms with E-state index in [0.717, 1.165) is 0 Å². The molecule has 2 aliphatic rings. The number of methoxy groups -OCH3 is 3. The Morgan fingerprint density at radius 3 is 2.41 bits per heavy atom. The summed E-state index contributed by atoms with van der Waals surface area (Å²) in [5.41, 5.74) is 0.172. The largest absolute Gasteiger partial charge is 0.466 e. The maximum absolute atomic E-state index is 11.7. The van der Waals surface area contributed by atoms with Crippen molar-refractivity contribution in [1.82, 2.24) is 0 Å². The van der Waals surface area contributed by atoms with Crippen LogP contribution < -0.4 is 0 Å². The zero-order chi connectivity index (χ0) is 12.6. The first-order valence-electron chi connectivity index (χ1n) is 4.93. The Labute approximate surface area is 97.8 Å². The molecule has 2 unspecified atom stereocenters. The van der Waals surface area contributed by atoms with E-state index in [1.807, 2.05) is 0 Å². The predicted octanol–water partition coefficient (Wildman–Crippen LogP) is -0.0597. The van der Waals surface area contributed by atoms with E-state index in [9.17, 15) is 9.59 Å². The Morgan fingerprint density at radius 1 is 1.24 bits per heavy atom. The number of carbonyl (C=O) groups is 2. The molecule has 2 aliphatic heterocycles. The van der Waals surface area contributed by atoms with Crippen LogP contribution in [0.25, 0.3) is 0 Å². The minimum Gasteiger partial charge on any atom is -0.466 e. The van der Waals surface area contributed by atoms with Gasteiger partial charge in [0.05, 0.1) is 19.8 Å². The molecule has 2 atom stereocenters. The number of ether oxygens (including phenoxy) is 4. The van der Waals surface area contributed by atoms with Crippen molar-refractivity contribution in [2.75, 3.05) is 21.3 Å². The molecule has 0 radical (unpaired) electrons. The molecular weight excluding hydrogens is 228 g/mol. The molecule has 6 heteroatoms. The van der Waals surface area contributed by atoms with E-state index in [2.05, 4.69) is 9.47 Å². The van der Waals surface area contributed by atoms with Crippen LogP contribution in [0.3, 0.4) is 0 Å². The van der Waals surface area contributed by atoms with E-state index >= 15 is 0 Å². The van der Waals surface area contributed by atoms with Crippen LogP contribution in [0.4, 0.5) is 0 Å². The normalized spacial score (nSPS) is 29.7. The van der Waals surface area contributed by atoms with Crippen molar-refractivity contribution in [3.63, 3.8) is 0 Å². The van der Waals surface area contributed by atoms with Gasteiger partial charge in [-0.15, -0.1) is 0 Å². The van der Waals surface area contributed by atoms with Gasteiger partial charge in [0.1, 0.15) is 11.7 Å². The van der Waals surface area contributed by atoms with Gasteiger partial charge in [-0.1, -0.05) is 0 Å². The Morgan fingerprint density at radius 2 is 1.88 bits per heavy atom. The molecule has 6 nitrogen and oxygen atoms in total. The molecule has 2 bridgehead atoms. The van der Waals surface area contributed by atoms with Crippen LogP contribution >= 0.6 is 0 Å². The third-order valence-corrected chi connectivity index (χ3v) is 2.79. The highest BCUT2D eigenvalue weighted by atomic mass is 16.7. The highest BCUT2D eigenvalue weighted by molar-refractivity contribution is 6.04. The van der Waals surface area contributed by atoms with Crippen molar-refractivity contribution in [2.45, 2.75) is 11.9 Å². The number of esters is 2. The predicted molar refractivity (Wildman–Crippen MR) is 54.8 cm³/mol. The van der Waals surface area contributed by atoms with Crippen molar-refractivity contribution in [2.24, 2.45) is 0 Å². The molecule has 2 rings (SSSR count). The maximum Gasteiger partial charge on any atom is 0.340 e.